The molecule has 2 aromatic heterocycles. The molecule has 2 aromatic rings. The molecule has 0 aromatic carbocycles. The maximum atomic E-state index is 11.9. The number of aromatic nitrogens is 2. The van der Waals surface area contributed by atoms with E-state index >= 15 is 0 Å². The number of nitrogens with zero attached hydrogens (tertiary/aromatic N) is 3. The normalized spacial score (nSPS) is 22.0. The highest BCUT2D eigenvalue weighted by Gasteiger charge is 2.31. The van der Waals surface area contributed by atoms with Gasteiger partial charge < -0.3 is 20.5 Å². The van der Waals surface area contributed by atoms with Gasteiger partial charge in [-0.3, -0.25) is 4.79 Å². The van der Waals surface area contributed by atoms with E-state index in [-0.39, 0.29) is 18.5 Å². The number of H-pyrrole nitrogens is 1. The number of carbonyl (C=O) groups is 1. The third-order valence-corrected chi connectivity index (χ3v) is 4.76. The van der Waals surface area contributed by atoms with E-state index in [9.17, 15) is 4.79 Å². The van der Waals surface area contributed by atoms with E-state index in [1.54, 1.807) is 0 Å². The van der Waals surface area contributed by atoms with E-state index < -0.39 is 0 Å². The summed E-state index contributed by atoms with van der Waals surface area (Å²) in [5, 5.41) is 1.11. The molecule has 2 atom stereocenters. The van der Waals surface area contributed by atoms with Crippen molar-refractivity contribution in [1.29, 1.82) is 0 Å². The standard InChI is InChI=1S/C16H23N5O/c1-11-5-8-21(15(22)9-17)10-14(11)20(2)13-4-7-19-16-12(13)3-6-18-16/h3-4,6-7,11,14H,5,8-10,17H2,1-2H3,(H,18,19)/t11-,14+/m1/s1. The largest absolute Gasteiger partial charge is 0.369 e. The summed E-state index contributed by atoms with van der Waals surface area (Å²) in [6.45, 7) is 3.86. The van der Waals surface area contributed by atoms with Crippen molar-refractivity contribution in [2.45, 2.75) is 19.4 Å². The minimum Gasteiger partial charge on any atom is -0.369 e. The van der Waals surface area contributed by atoms with Crippen LogP contribution in [-0.4, -0.2) is 53.5 Å². The monoisotopic (exact) mass is 301 g/mol. The van der Waals surface area contributed by atoms with E-state index in [2.05, 4.69) is 28.8 Å². The van der Waals surface area contributed by atoms with Crippen molar-refractivity contribution in [3.8, 4) is 0 Å². The highest BCUT2D eigenvalue weighted by Crippen LogP contribution is 2.30. The maximum Gasteiger partial charge on any atom is 0.236 e. The molecule has 0 radical (unpaired) electrons. The van der Waals surface area contributed by atoms with Crippen LogP contribution in [0.1, 0.15) is 13.3 Å². The summed E-state index contributed by atoms with van der Waals surface area (Å²) in [6.07, 6.45) is 4.73. The first-order valence-electron chi connectivity index (χ1n) is 7.74. The average molecular weight is 301 g/mol. The summed E-state index contributed by atoms with van der Waals surface area (Å²) >= 11 is 0. The first-order chi connectivity index (χ1) is 10.6. The highest BCUT2D eigenvalue weighted by molar-refractivity contribution is 5.89. The molecular weight excluding hydrogens is 278 g/mol. The summed E-state index contributed by atoms with van der Waals surface area (Å²) in [6, 6.07) is 4.36. The second-order valence-electron chi connectivity index (χ2n) is 6.06. The summed E-state index contributed by atoms with van der Waals surface area (Å²) in [7, 11) is 2.10. The van der Waals surface area contributed by atoms with Crippen molar-refractivity contribution in [3.63, 3.8) is 0 Å². The van der Waals surface area contributed by atoms with E-state index in [0.717, 1.165) is 36.2 Å². The molecule has 1 aliphatic rings. The quantitative estimate of drug-likeness (QED) is 0.893. The number of amides is 1. The van der Waals surface area contributed by atoms with Crippen LogP contribution in [-0.2, 0) is 4.79 Å². The van der Waals surface area contributed by atoms with Crippen LogP contribution in [0.4, 0.5) is 5.69 Å². The Labute approximate surface area is 130 Å². The van der Waals surface area contributed by atoms with E-state index in [1.165, 1.54) is 0 Å². The van der Waals surface area contributed by atoms with Gasteiger partial charge in [0.25, 0.3) is 0 Å². The van der Waals surface area contributed by atoms with Gasteiger partial charge in [-0.1, -0.05) is 6.92 Å². The number of anilines is 1. The molecule has 0 bridgehead atoms. The number of aromatic amines is 1. The Morgan fingerprint density at radius 1 is 1.55 bits per heavy atom. The van der Waals surface area contributed by atoms with Gasteiger partial charge >= 0.3 is 0 Å². The lowest BCUT2D eigenvalue weighted by atomic mass is 9.91. The Kier molecular flexibility index (Phi) is 4.02. The summed E-state index contributed by atoms with van der Waals surface area (Å²) in [5.74, 6) is 0.556. The number of piperidine rings is 1. The topological polar surface area (TPSA) is 78.2 Å². The summed E-state index contributed by atoms with van der Waals surface area (Å²) in [5.41, 5.74) is 7.55. The SMILES string of the molecule is C[C@@H]1CCN(C(=O)CN)C[C@@H]1N(C)c1ccnc2[nH]ccc12. The maximum absolute atomic E-state index is 11.9. The third-order valence-electron chi connectivity index (χ3n) is 4.76. The van der Waals surface area contributed by atoms with Gasteiger partial charge in [-0.2, -0.15) is 0 Å². The molecule has 0 saturated carbocycles. The number of carbonyl (C=O) groups excluding carboxylic acids is 1. The van der Waals surface area contributed by atoms with Gasteiger partial charge in [0, 0.05) is 49.6 Å². The number of likely N-dealkylation sites (tertiary alicyclic amines) is 1. The van der Waals surface area contributed by atoms with E-state index in [4.69, 9.17) is 5.73 Å². The van der Waals surface area contributed by atoms with Crippen LogP contribution < -0.4 is 10.6 Å². The van der Waals surface area contributed by atoms with Crippen LogP contribution in [0.5, 0.6) is 0 Å². The molecule has 0 aliphatic carbocycles. The minimum absolute atomic E-state index is 0.0341. The highest BCUT2D eigenvalue weighted by atomic mass is 16.2. The van der Waals surface area contributed by atoms with Gasteiger partial charge in [0.15, 0.2) is 0 Å². The summed E-state index contributed by atoms with van der Waals surface area (Å²) in [4.78, 5) is 23.6. The predicted molar refractivity (Wildman–Crippen MR) is 87.7 cm³/mol. The van der Waals surface area contributed by atoms with Crippen LogP contribution in [0.25, 0.3) is 11.0 Å². The Balaban J connectivity index is 1.88. The molecule has 6 nitrogen and oxygen atoms in total. The number of likely N-dealkylation sites (N-methyl/N-ethyl adjacent to an activating group) is 1. The fraction of sp³-hybridized carbons (Fsp3) is 0.500. The van der Waals surface area contributed by atoms with Crippen molar-refractivity contribution < 1.29 is 4.79 Å². The van der Waals surface area contributed by atoms with Crippen LogP contribution in [0, 0.1) is 5.92 Å². The number of hydrogen-bond acceptors (Lipinski definition) is 4. The first-order valence-corrected chi connectivity index (χ1v) is 7.74. The van der Waals surface area contributed by atoms with Gasteiger partial charge in [0.2, 0.25) is 5.91 Å². The van der Waals surface area contributed by atoms with Gasteiger partial charge in [-0.25, -0.2) is 4.98 Å². The summed E-state index contributed by atoms with van der Waals surface area (Å²) < 4.78 is 0. The van der Waals surface area contributed by atoms with Crippen molar-refractivity contribution >= 4 is 22.6 Å². The number of hydrogen-bond donors (Lipinski definition) is 2. The minimum atomic E-state index is 0.0341. The Bertz CT molecular complexity index is 667. The van der Waals surface area contributed by atoms with Crippen molar-refractivity contribution in [1.82, 2.24) is 14.9 Å². The molecule has 118 valence electrons. The molecule has 1 aliphatic heterocycles. The van der Waals surface area contributed by atoms with Crippen LogP contribution in [0.3, 0.4) is 0 Å². The number of nitrogens with one attached hydrogen (secondary N) is 1. The van der Waals surface area contributed by atoms with Gasteiger partial charge in [0.1, 0.15) is 5.65 Å². The number of pyridine rings is 1. The Morgan fingerprint density at radius 3 is 3.14 bits per heavy atom. The molecular formula is C16H23N5O. The predicted octanol–water partition coefficient (Wildman–Crippen LogP) is 1.19. The number of nitrogens with two attached hydrogens (primary N) is 1. The lowest BCUT2D eigenvalue weighted by molar-refractivity contribution is -0.131. The smallest absolute Gasteiger partial charge is 0.236 e. The average Bonchev–Trinajstić information content (AvgIpc) is 3.02. The lowest BCUT2D eigenvalue weighted by Crippen LogP contribution is -2.53. The third kappa shape index (κ3) is 2.54. The van der Waals surface area contributed by atoms with Crippen molar-refractivity contribution in [2.24, 2.45) is 11.7 Å². The van der Waals surface area contributed by atoms with Gasteiger partial charge in [0.05, 0.1) is 6.54 Å². The van der Waals surface area contributed by atoms with Gasteiger partial charge in [-0.05, 0) is 24.5 Å². The van der Waals surface area contributed by atoms with Crippen LogP contribution in [0.15, 0.2) is 24.5 Å². The molecule has 1 fully saturated rings. The molecule has 6 heteroatoms. The van der Waals surface area contributed by atoms with Gasteiger partial charge in [-0.15, -0.1) is 0 Å². The fourth-order valence-corrected chi connectivity index (χ4v) is 3.34. The fourth-order valence-electron chi connectivity index (χ4n) is 3.34. The first kappa shape index (κ1) is 14.8. The molecule has 3 rings (SSSR count). The molecule has 3 heterocycles. The van der Waals surface area contributed by atoms with E-state index in [0.29, 0.717) is 5.92 Å². The molecule has 0 unspecified atom stereocenters. The van der Waals surface area contributed by atoms with Crippen molar-refractivity contribution in [3.05, 3.63) is 24.5 Å². The second kappa shape index (κ2) is 5.96. The molecule has 3 N–H and O–H groups in total. The zero-order chi connectivity index (χ0) is 15.7. The molecule has 0 spiro atoms. The Morgan fingerprint density at radius 2 is 2.36 bits per heavy atom. The number of rotatable bonds is 3. The van der Waals surface area contributed by atoms with Crippen molar-refractivity contribution in [2.75, 3.05) is 31.6 Å². The van der Waals surface area contributed by atoms with Crippen LogP contribution >= 0.6 is 0 Å². The molecule has 22 heavy (non-hydrogen) atoms. The van der Waals surface area contributed by atoms with Crippen LogP contribution in [0.2, 0.25) is 0 Å². The Hall–Kier alpha value is -2.08. The zero-order valence-electron chi connectivity index (χ0n) is 13.1. The van der Waals surface area contributed by atoms with E-state index in [1.807, 2.05) is 29.4 Å². The molecule has 1 saturated heterocycles. The lowest BCUT2D eigenvalue weighted by Gasteiger charge is -2.42. The number of fused-ring (bicyclic) bond motifs is 1. The zero-order valence-corrected chi connectivity index (χ0v) is 13.1. The second-order valence-corrected chi connectivity index (χ2v) is 6.06. The molecule has 1 amide bonds.